The van der Waals surface area contributed by atoms with Crippen LogP contribution in [0.2, 0.25) is 0 Å². The Morgan fingerprint density at radius 1 is 1.00 bits per heavy atom. The van der Waals surface area contributed by atoms with Crippen molar-refractivity contribution in [2.24, 2.45) is 0 Å². The zero-order valence-electron chi connectivity index (χ0n) is 17.7. The number of hydrogen-bond acceptors (Lipinski definition) is 6. The van der Waals surface area contributed by atoms with Crippen molar-refractivity contribution >= 4 is 21.7 Å². The third-order valence-corrected chi connectivity index (χ3v) is 6.92. The van der Waals surface area contributed by atoms with Gasteiger partial charge in [0.1, 0.15) is 5.69 Å². The molecule has 0 N–H and O–H groups in total. The zero-order valence-corrected chi connectivity index (χ0v) is 18.6. The van der Waals surface area contributed by atoms with Crippen molar-refractivity contribution in [3.05, 3.63) is 71.6 Å². The summed E-state index contributed by atoms with van der Waals surface area (Å²) in [6.07, 6.45) is 4.84. The van der Waals surface area contributed by atoms with Gasteiger partial charge >= 0.3 is 0 Å². The highest BCUT2D eigenvalue weighted by atomic mass is 32.2. The number of hydrogen-bond donors (Lipinski definition) is 0. The molecule has 7 nitrogen and oxygen atoms in total. The highest BCUT2D eigenvalue weighted by Gasteiger charge is 2.34. The Morgan fingerprint density at radius 2 is 1.62 bits per heavy atom. The van der Waals surface area contributed by atoms with Crippen molar-refractivity contribution in [1.82, 2.24) is 9.46 Å². The van der Waals surface area contributed by atoms with Crippen LogP contribution in [0.1, 0.15) is 34.7 Å². The van der Waals surface area contributed by atoms with Gasteiger partial charge in [0.25, 0.3) is 10.0 Å². The van der Waals surface area contributed by atoms with E-state index in [0.29, 0.717) is 9.87 Å². The Bertz CT molecular complexity index is 1250. The smallest absolute Gasteiger partial charge is 0.272 e. The molecule has 0 fully saturated rings. The molecule has 0 aliphatic rings. The van der Waals surface area contributed by atoms with Crippen LogP contribution in [-0.4, -0.2) is 36.1 Å². The standard InChI is InChI=1S/C24H22N2O5S/c1-4-16-26(32(29,30)24-17(2)25-31-18(24)3)23(28)15-14-22(27)21-12-10-20(11-13-21)19-8-6-5-7-9-19/h1,5-13H,14-16H2,2-3H3. The predicted molar refractivity (Wildman–Crippen MR) is 119 cm³/mol. The first-order valence-electron chi connectivity index (χ1n) is 9.86. The summed E-state index contributed by atoms with van der Waals surface area (Å²) in [6, 6.07) is 16.8. The van der Waals surface area contributed by atoms with Crippen molar-refractivity contribution < 1.29 is 22.5 Å². The van der Waals surface area contributed by atoms with E-state index in [4.69, 9.17) is 10.9 Å². The Kier molecular flexibility index (Phi) is 6.91. The summed E-state index contributed by atoms with van der Waals surface area (Å²) in [5.41, 5.74) is 2.56. The second-order valence-corrected chi connectivity index (χ2v) is 8.93. The number of benzene rings is 2. The summed E-state index contributed by atoms with van der Waals surface area (Å²) in [5.74, 6) is 1.21. The lowest BCUT2D eigenvalue weighted by molar-refractivity contribution is -0.126. The van der Waals surface area contributed by atoms with Gasteiger partial charge in [-0.1, -0.05) is 65.7 Å². The topological polar surface area (TPSA) is 97.6 Å². The van der Waals surface area contributed by atoms with Gasteiger partial charge in [0.15, 0.2) is 16.4 Å². The molecule has 1 heterocycles. The number of carbonyl (C=O) groups is 2. The third kappa shape index (κ3) is 4.79. The Morgan fingerprint density at radius 3 is 2.19 bits per heavy atom. The molecule has 0 spiro atoms. The van der Waals surface area contributed by atoms with Crippen molar-refractivity contribution in [1.29, 1.82) is 0 Å². The lowest BCUT2D eigenvalue weighted by atomic mass is 10.0. The van der Waals surface area contributed by atoms with Gasteiger partial charge in [-0.15, -0.1) is 6.42 Å². The average molecular weight is 451 g/mol. The van der Waals surface area contributed by atoms with Gasteiger partial charge in [-0.25, -0.2) is 12.7 Å². The molecule has 1 aromatic heterocycles. The van der Waals surface area contributed by atoms with Crippen LogP contribution in [0.4, 0.5) is 0 Å². The molecule has 0 saturated carbocycles. The number of terminal acetylenes is 1. The summed E-state index contributed by atoms with van der Waals surface area (Å²) in [6.45, 7) is 2.45. The summed E-state index contributed by atoms with van der Waals surface area (Å²) in [7, 11) is -4.26. The molecule has 0 bridgehead atoms. The molecule has 3 aromatic rings. The Hall–Kier alpha value is -3.70. The molecule has 0 atom stereocenters. The Balaban J connectivity index is 1.71. The molecule has 3 rings (SSSR count). The van der Waals surface area contributed by atoms with E-state index < -0.39 is 22.5 Å². The average Bonchev–Trinajstić information content (AvgIpc) is 3.14. The molecule has 164 valence electrons. The van der Waals surface area contributed by atoms with E-state index in [1.54, 1.807) is 12.1 Å². The monoisotopic (exact) mass is 450 g/mol. The number of aromatic nitrogens is 1. The van der Waals surface area contributed by atoms with Gasteiger partial charge in [-0.05, 0) is 25.0 Å². The number of ketones is 1. The number of Topliss-reactive ketones (excluding diaryl/α,β-unsaturated/α-hetero) is 1. The molecule has 0 unspecified atom stereocenters. The second kappa shape index (κ2) is 9.62. The molecule has 0 radical (unpaired) electrons. The van der Waals surface area contributed by atoms with Crippen LogP contribution in [-0.2, 0) is 14.8 Å². The quantitative estimate of drug-likeness (QED) is 0.383. The van der Waals surface area contributed by atoms with Crippen LogP contribution in [0.15, 0.2) is 64.0 Å². The van der Waals surface area contributed by atoms with Gasteiger partial charge in [-0.3, -0.25) is 9.59 Å². The van der Waals surface area contributed by atoms with Crippen molar-refractivity contribution in [2.45, 2.75) is 31.6 Å². The minimum atomic E-state index is -4.26. The third-order valence-electron chi connectivity index (χ3n) is 4.91. The number of rotatable bonds is 8. The van der Waals surface area contributed by atoms with E-state index in [9.17, 15) is 18.0 Å². The van der Waals surface area contributed by atoms with Crippen LogP contribution >= 0.6 is 0 Å². The largest absolute Gasteiger partial charge is 0.360 e. The molecule has 2 aromatic carbocycles. The van der Waals surface area contributed by atoms with Crippen molar-refractivity contribution in [3.8, 4) is 23.5 Å². The maximum Gasteiger partial charge on any atom is 0.272 e. The van der Waals surface area contributed by atoms with E-state index in [-0.39, 0.29) is 35.0 Å². The lowest BCUT2D eigenvalue weighted by Crippen LogP contribution is -2.37. The molecule has 0 aliphatic heterocycles. The number of aryl methyl sites for hydroxylation is 2. The first-order chi connectivity index (χ1) is 15.3. The van der Waals surface area contributed by atoms with E-state index in [1.807, 2.05) is 42.5 Å². The number of sulfonamides is 1. The molecule has 0 aliphatic carbocycles. The van der Waals surface area contributed by atoms with Gasteiger partial charge in [0.2, 0.25) is 5.91 Å². The van der Waals surface area contributed by atoms with Crippen LogP contribution in [0.5, 0.6) is 0 Å². The SMILES string of the molecule is C#CCN(C(=O)CCC(=O)c1ccc(-c2ccccc2)cc1)S(=O)(=O)c1c(C)noc1C. The predicted octanol–water partition coefficient (Wildman–Crippen LogP) is 3.77. The summed E-state index contributed by atoms with van der Waals surface area (Å²) >= 11 is 0. The van der Waals surface area contributed by atoms with Gasteiger partial charge in [-0.2, -0.15) is 0 Å². The number of nitrogens with zero attached hydrogens (tertiary/aromatic N) is 2. The van der Waals surface area contributed by atoms with E-state index in [2.05, 4.69) is 11.1 Å². The summed E-state index contributed by atoms with van der Waals surface area (Å²) in [4.78, 5) is 25.1. The maximum atomic E-state index is 13.0. The molecular weight excluding hydrogens is 428 g/mol. The summed E-state index contributed by atoms with van der Waals surface area (Å²) in [5, 5.41) is 3.63. The molecular formula is C24H22N2O5S. The first-order valence-corrected chi connectivity index (χ1v) is 11.3. The van der Waals surface area contributed by atoms with E-state index in [0.717, 1.165) is 11.1 Å². The molecule has 8 heteroatoms. The van der Waals surface area contributed by atoms with E-state index >= 15 is 0 Å². The minimum Gasteiger partial charge on any atom is -0.360 e. The van der Waals surface area contributed by atoms with Gasteiger partial charge < -0.3 is 4.52 Å². The minimum absolute atomic E-state index is 0.0619. The van der Waals surface area contributed by atoms with Crippen LogP contribution in [0.25, 0.3) is 11.1 Å². The molecule has 1 amide bonds. The van der Waals surface area contributed by atoms with E-state index in [1.165, 1.54) is 13.8 Å². The van der Waals surface area contributed by atoms with Gasteiger partial charge in [0.05, 0.1) is 6.54 Å². The summed E-state index contributed by atoms with van der Waals surface area (Å²) < 4.78 is 31.5. The first kappa shape index (κ1) is 23.0. The van der Waals surface area contributed by atoms with Crippen LogP contribution in [0, 0.1) is 26.2 Å². The molecule has 0 saturated heterocycles. The maximum absolute atomic E-state index is 13.0. The fraction of sp³-hybridized carbons (Fsp3) is 0.208. The van der Waals surface area contributed by atoms with Gasteiger partial charge in [0, 0.05) is 18.4 Å². The van der Waals surface area contributed by atoms with Crippen LogP contribution in [0.3, 0.4) is 0 Å². The Labute approximate surface area is 187 Å². The van der Waals surface area contributed by atoms with Crippen molar-refractivity contribution in [3.63, 3.8) is 0 Å². The highest BCUT2D eigenvalue weighted by molar-refractivity contribution is 7.89. The molecule has 32 heavy (non-hydrogen) atoms. The fourth-order valence-corrected chi connectivity index (χ4v) is 4.95. The van der Waals surface area contributed by atoms with Crippen LogP contribution < -0.4 is 0 Å². The highest BCUT2D eigenvalue weighted by Crippen LogP contribution is 2.24. The number of carbonyl (C=O) groups excluding carboxylic acids is 2. The second-order valence-electron chi connectivity index (χ2n) is 7.13. The normalized spacial score (nSPS) is 11.0. The van der Waals surface area contributed by atoms with Crippen molar-refractivity contribution in [2.75, 3.05) is 6.54 Å². The lowest BCUT2D eigenvalue weighted by Gasteiger charge is -2.20. The zero-order chi connectivity index (χ0) is 23.3. The number of amides is 1. The fourth-order valence-electron chi connectivity index (χ4n) is 3.31.